The molecule has 0 spiro atoms. The van der Waals surface area contributed by atoms with E-state index >= 15 is 0 Å². The normalized spacial score (nSPS) is 14.9. The van der Waals surface area contributed by atoms with Crippen molar-refractivity contribution in [2.45, 2.75) is 5.16 Å². The Hall–Kier alpha value is -1.93. The van der Waals surface area contributed by atoms with Gasteiger partial charge in [-0.2, -0.15) is 0 Å². The van der Waals surface area contributed by atoms with Gasteiger partial charge in [-0.25, -0.2) is 15.0 Å². The number of aromatic nitrogens is 4. The van der Waals surface area contributed by atoms with Crippen molar-refractivity contribution < 1.29 is 4.79 Å². The van der Waals surface area contributed by atoms with Gasteiger partial charge < -0.3 is 9.80 Å². The summed E-state index contributed by atoms with van der Waals surface area (Å²) in [7, 11) is 0. The van der Waals surface area contributed by atoms with E-state index in [9.17, 15) is 4.79 Å². The molecule has 120 valence electrons. The van der Waals surface area contributed by atoms with E-state index in [0.29, 0.717) is 31.3 Å². The van der Waals surface area contributed by atoms with Crippen LogP contribution >= 0.6 is 23.4 Å². The molecular weight excluding hydrogens is 336 g/mol. The van der Waals surface area contributed by atoms with Gasteiger partial charge in [0.25, 0.3) is 5.91 Å². The van der Waals surface area contributed by atoms with Crippen LogP contribution in [0.3, 0.4) is 0 Å². The number of rotatable bonds is 3. The second kappa shape index (κ2) is 7.10. The molecule has 0 N–H and O–H groups in total. The molecule has 0 aromatic carbocycles. The van der Waals surface area contributed by atoms with Gasteiger partial charge >= 0.3 is 0 Å². The second-order valence-electron chi connectivity index (χ2n) is 4.90. The smallest absolute Gasteiger partial charge is 0.274 e. The number of carbonyl (C=O) groups is 1. The van der Waals surface area contributed by atoms with Gasteiger partial charge in [0.05, 0.1) is 17.4 Å². The lowest BCUT2D eigenvalue weighted by atomic mass is 10.2. The first kappa shape index (κ1) is 15.9. The van der Waals surface area contributed by atoms with Crippen molar-refractivity contribution >= 4 is 35.1 Å². The Morgan fingerprint density at radius 3 is 2.61 bits per heavy atom. The van der Waals surface area contributed by atoms with Crippen LogP contribution in [0.4, 0.5) is 5.82 Å². The van der Waals surface area contributed by atoms with Crippen molar-refractivity contribution in [2.24, 2.45) is 0 Å². The van der Waals surface area contributed by atoms with Crippen LogP contribution in [0.2, 0.25) is 5.02 Å². The molecule has 0 unspecified atom stereocenters. The lowest BCUT2D eigenvalue weighted by Crippen LogP contribution is -2.49. The minimum absolute atomic E-state index is 0.161. The maximum atomic E-state index is 12.6. The first-order valence-electron chi connectivity index (χ1n) is 7.06. The Labute approximate surface area is 143 Å². The van der Waals surface area contributed by atoms with Gasteiger partial charge in [0, 0.05) is 38.6 Å². The first-order valence-corrected chi connectivity index (χ1v) is 8.66. The Balaban J connectivity index is 1.69. The van der Waals surface area contributed by atoms with Crippen LogP contribution in [0.1, 0.15) is 10.5 Å². The monoisotopic (exact) mass is 350 g/mol. The van der Waals surface area contributed by atoms with Gasteiger partial charge in [0.15, 0.2) is 10.9 Å². The van der Waals surface area contributed by atoms with Crippen molar-refractivity contribution in [1.82, 2.24) is 24.8 Å². The summed E-state index contributed by atoms with van der Waals surface area (Å²) in [5.74, 6) is 0.663. The van der Waals surface area contributed by atoms with E-state index in [4.69, 9.17) is 11.6 Å². The fraction of sp³-hybridized carbons (Fsp3) is 0.357. The maximum absolute atomic E-state index is 12.6. The summed E-state index contributed by atoms with van der Waals surface area (Å²) in [6, 6.07) is 0. The molecule has 1 saturated heterocycles. The van der Waals surface area contributed by atoms with Gasteiger partial charge in [-0.3, -0.25) is 9.78 Å². The van der Waals surface area contributed by atoms with Gasteiger partial charge in [-0.05, 0) is 6.26 Å². The van der Waals surface area contributed by atoms with Crippen LogP contribution in [0, 0.1) is 0 Å². The number of hydrogen-bond acceptors (Lipinski definition) is 7. The molecule has 0 aliphatic carbocycles. The summed E-state index contributed by atoms with van der Waals surface area (Å²) in [5.41, 5.74) is 0.263. The summed E-state index contributed by atoms with van der Waals surface area (Å²) < 4.78 is 0. The largest absolute Gasteiger partial charge is 0.352 e. The molecule has 1 aliphatic rings. The molecule has 0 radical (unpaired) electrons. The van der Waals surface area contributed by atoms with Crippen LogP contribution in [0.5, 0.6) is 0 Å². The Morgan fingerprint density at radius 1 is 1.17 bits per heavy atom. The van der Waals surface area contributed by atoms with E-state index in [1.807, 2.05) is 6.26 Å². The number of carbonyl (C=O) groups excluding carboxylic acids is 1. The molecule has 1 aliphatic heterocycles. The molecule has 0 bridgehead atoms. The first-order chi connectivity index (χ1) is 11.2. The minimum atomic E-state index is -0.161. The summed E-state index contributed by atoms with van der Waals surface area (Å²) in [6.07, 6.45) is 8.37. The molecule has 2 aromatic rings. The number of hydrogen-bond donors (Lipinski definition) is 0. The molecule has 2 aromatic heterocycles. The molecule has 7 nitrogen and oxygen atoms in total. The average molecular weight is 351 g/mol. The van der Waals surface area contributed by atoms with Crippen LogP contribution in [0.15, 0.2) is 29.9 Å². The number of nitrogens with zero attached hydrogens (tertiary/aromatic N) is 6. The quantitative estimate of drug-likeness (QED) is 0.614. The highest BCUT2D eigenvalue weighted by atomic mass is 35.5. The lowest BCUT2D eigenvalue weighted by molar-refractivity contribution is 0.0739. The van der Waals surface area contributed by atoms with Gasteiger partial charge in [-0.1, -0.05) is 23.4 Å². The standard InChI is InChI=1S/C14H15ClN6OS/c1-23-14-18-8-10(15)12(19-14)13(22)21-6-4-20(5-7-21)11-9-16-2-3-17-11/h2-3,8-9H,4-7H2,1H3. The number of thioether (sulfide) groups is 1. The van der Waals surface area contributed by atoms with Crippen LogP contribution in [-0.4, -0.2) is 63.2 Å². The topological polar surface area (TPSA) is 75.1 Å². The molecule has 3 heterocycles. The third-order valence-corrected chi connectivity index (χ3v) is 4.39. The molecule has 23 heavy (non-hydrogen) atoms. The Bertz CT molecular complexity index is 693. The van der Waals surface area contributed by atoms with Crippen molar-refractivity contribution in [3.63, 3.8) is 0 Å². The molecule has 9 heteroatoms. The number of halogens is 1. The minimum Gasteiger partial charge on any atom is -0.352 e. The van der Waals surface area contributed by atoms with Gasteiger partial charge in [0.1, 0.15) is 5.82 Å². The molecule has 0 atom stereocenters. The molecule has 1 amide bonds. The summed E-state index contributed by atoms with van der Waals surface area (Å²) in [4.78, 5) is 33.1. The fourth-order valence-electron chi connectivity index (χ4n) is 2.34. The van der Waals surface area contributed by atoms with Crippen LogP contribution < -0.4 is 4.90 Å². The third kappa shape index (κ3) is 3.53. The lowest BCUT2D eigenvalue weighted by Gasteiger charge is -2.35. The zero-order valence-electron chi connectivity index (χ0n) is 12.5. The zero-order chi connectivity index (χ0) is 16.2. The number of piperazine rings is 1. The third-order valence-electron chi connectivity index (χ3n) is 3.55. The average Bonchev–Trinajstić information content (AvgIpc) is 2.62. The Kier molecular flexibility index (Phi) is 4.92. The van der Waals surface area contributed by atoms with E-state index in [-0.39, 0.29) is 16.6 Å². The van der Waals surface area contributed by atoms with E-state index in [1.54, 1.807) is 23.5 Å². The SMILES string of the molecule is CSc1ncc(Cl)c(C(=O)N2CCN(c3cnccn3)CC2)n1. The molecular formula is C14H15ClN6OS. The number of amides is 1. The van der Waals surface area contributed by atoms with Gasteiger partial charge in [0.2, 0.25) is 0 Å². The number of anilines is 1. The van der Waals surface area contributed by atoms with Gasteiger partial charge in [-0.15, -0.1) is 0 Å². The summed E-state index contributed by atoms with van der Waals surface area (Å²) >= 11 is 7.46. The highest BCUT2D eigenvalue weighted by Crippen LogP contribution is 2.19. The molecule has 3 rings (SSSR count). The van der Waals surface area contributed by atoms with E-state index in [2.05, 4.69) is 24.8 Å². The van der Waals surface area contributed by atoms with E-state index in [1.165, 1.54) is 18.0 Å². The fourth-order valence-corrected chi connectivity index (χ4v) is 2.85. The van der Waals surface area contributed by atoms with Crippen molar-refractivity contribution in [2.75, 3.05) is 37.3 Å². The molecule has 0 saturated carbocycles. The molecule has 1 fully saturated rings. The predicted octanol–water partition coefficient (Wildman–Crippen LogP) is 1.60. The van der Waals surface area contributed by atoms with Crippen molar-refractivity contribution in [3.8, 4) is 0 Å². The van der Waals surface area contributed by atoms with E-state index in [0.717, 1.165) is 5.82 Å². The highest BCUT2D eigenvalue weighted by molar-refractivity contribution is 7.98. The van der Waals surface area contributed by atoms with Crippen LogP contribution in [0.25, 0.3) is 0 Å². The summed E-state index contributed by atoms with van der Waals surface area (Å²) in [5, 5.41) is 0.820. The van der Waals surface area contributed by atoms with Crippen molar-refractivity contribution in [3.05, 3.63) is 35.5 Å². The Morgan fingerprint density at radius 2 is 1.96 bits per heavy atom. The second-order valence-corrected chi connectivity index (χ2v) is 6.08. The van der Waals surface area contributed by atoms with E-state index < -0.39 is 0 Å². The predicted molar refractivity (Wildman–Crippen MR) is 89.0 cm³/mol. The summed E-state index contributed by atoms with van der Waals surface area (Å²) in [6.45, 7) is 2.57. The highest BCUT2D eigenvalue weighted by Gasteiger charge is 2.25. The van der Waals surface area contributed by atoms with Crippen molar-refractivity contribution in [1.29, 1.82) is 0 Å². The van der Waals surface area contributed by atoms with Crippen LogP contribution in [-0.2, 0) is 0 Å². The maximum Gasteiger partial charge on any atom is 0.274 e. The zero-order valence-corrected chi connectivity index (χ0v) is 14.1.